The maximum atomic E-state index is 11.6. The average Bonchev–Trinajstić information content (AvgIpc) is 3.17. The predicted octanol–water partition coefficient (Wildman–Crippen LogP) is 1.72. The number of likely N-dealkylation sites (N-methyl/N-ethyl adjacent to an activating group) is 1. The van der Waals surface area contributed by atoms with Crippen molar-refractivity contribution in [3.05, 3.63) is 29.3 Å². The van der Waals surface area contributed by atoms with Crippen LogP contribution in [0.3, 0.4) is 0 Å². The van der Waals surface area contributed by atoms with Gasteiger partial charge in [0.05, 0.1) is 29.9 Å². The van der Waals surface area contributed by atoms with Crippen LogP contribution in [0, 0.1) is 0 Å². The number of aliphatic imine (C=N–C) groups is 1. The molecule has 0 bridgehead atoms. The van der Waals surface area contributed by atoms with E-state index in [0.717, 1.165) is 42.0 Å². The third kappa shape index (κ3) is 4.02. The summed E-state index contributed by atoms with van der Waals surface area (Å²) in [6, 6.07) is 5.69. The van der Waals surface area contributed by atoms with Crippen LogP contribution in [0.4, 0.5) is 5.69 Å². The molecule has 6 heteroatoms. The largest absolute Gasteiger partial charge is 0.392 e. The molecule has 0 heterocycles. The summed E-state index contributed by atoms with van der Waals surface area (Å²) >= 11 is 0. The first kappa shape index (κ1) is 17.9. The molecule has 3 rings (SSSR count). The number of hydrogen-bond acceptors (Lipinski definition) is 4. The standard InChI is InChI=1S/C19H27N3O3/c1-12(22(3)8-9-25-19(2)6-7-19)21-14-5-4-13-10-16(23)17(18(20)24)15(13)11-14/h4-5,11,16-17,23H,6-10H2,1-3H3,(H2,20,24)/t16-,17-/m1/s1. The van der Waals surface area contributed by atoms with Crippen molar-refractivity contribution in [3.8, 4) is 0 Å². The van der Waals surface area contributed by atoms with E-state index in [0.29, 0.717) is 13.0 Å². The van der Waals surface area contributed by atoms with Crippen LogP contribution in [0.15, 0.2) is 23.2 Å². The fourth-order valence-corrected chi connectivity index (χ4v) is 3.20. The highest BCUT2D eigenvalue weighted by atomic mass is 16.5. The maximum Gasteiger partial charge on any atom is 0.227 e. The van der Waals surface area contributed by atoms with E-state index in [1.54, 1.807) is 0 Å². The van der Waals surface area contributed by atoms with Gasteiger partial charge in [-0.3, -0.25) is 4.79 Å². The molecule has 3 N–H and O–H groups in total. The highest BCUT2D eigenvalue weighted by Crippen LogP contribution is 2.38. The van der Waals surface area contributed by atoms with Crippen LogP contribution in [-0.2, 0) is 16.0 Å². The van der Waals surface area contributed by atoms with E-state index in [1.807, 2.05) is 32.2 Å². The summed E-state index contributed by atoms with van der Waals surface area (Å²) in [5.74, 6) is -0.263. The molecule has 2 aliphatic carbocycles. The zero-order valence-electron chi connectivity index (χ0n) is 15.2. The number of amidine groups is 1. The van der Waals surface area contributed by atoms with Gasteiger partial charge in [0.15, 0.2) is 0 Å². The Hall–Kier alpha value is -1.92. The minimum atomic E-state index is -0.739. The molecule has 2 atom stereocenters. The number of amides is 1. The van der Waals surface area contributed by atoms with Crippen LogP contribution in [-0.4, -0.2) is 53.7 Å². The molecule has 0 saturated heterocycles. The number of rotatable bonds is 6. The average molecular weight is 345 g/mol. The summed E-state index contributed by atoms with van der Waals surface area (Å²) in [7, 11) is 1.99. The Labute approximate surface area is 148 Å². The minimum absolute atomic E-state index is 0.0937. The summed E-state index contributed by atoms with van der Waals surface area (Å²) in [6.07, 6.45) is 2.01. The lowest BCUT2D eigenvalue weighted by Gasteiger charge is -2.20. The number of aliphatic hydroxyl groups excluding tert-OH is 1. The van der Waals surface area contributed by atoms with Crippen LogP contribution in [0.25, 0.3) is 0 Å². The molecule has 0 aromatic heterocycles. The second kappa shape index (κ2) is 6.77. The Kier molecular flexibility index (Phi) is 4.84. The highest BCUT2D eigenvalue weighted by molar-refractivity contribution is 5.85. The molecule has 1 aromatic carbocycles. The summed E-state index contributed by atoms with van der Waals surface area (Å²) in [6.45, 7) is 5.55. The van der Waals surface area contributed by atoms with Gasteiger partial charge in [-0.2, -0.15) is 0 Å². The van der Waals surface area contributed by atoms with Crippen LogP contribution in [0.5, 0.6) is 0 Å². The number of carbonyl (C=O) groups excluding carboxylic acids is 1. The van der Waals surface area contributed by atoms with Gasteiger partial charge in [-0.25, -0.2) is 4.99 Å². The van der Waals surface area contributed by atoms with Gasteiger partial charge in [-0.15, -0.1) is 0 Å². The first-order valence-electron chi connectivity index (χ1n) is 8.80. The first-order valence-corrected chi connectivity index (χ1v) is 8.80. The quantitative estimate of drug-likeness (QED) is 0.607. The van der Waals surface area contributed by atoms with Crippen LogP contribution in [0.1, 0.15) is 43.7 Å². The number of carbonyl (C=O) groups is 1. The molecule has 6 nitrogen and oxygen atoms in total. The summed E-state index contributed by atoms with van der Waals surface area (Å²) in [5, 5.41) is 10.1. The fourth-order valence-electron chi connectivity index (χ4n) is 3.20. The predicted molar refractivity (Wildman–Crippen MR) is 97.1 cm³/mol. The third-order valence-electron chi connectivity index (χ3n) is 5.26. The van der Waals surface area contributed by atoms with E-state index in [1.165, 1.54) is 0 Å². The van der Waals surface area contributed by atoms with Gasteiger partial charge in [0, 0.05) is 13.6 Å². The molecule has 1 aromatic rings. The number of benzene rings is 1. The molecular formula is C19H27N3O3. The Morgan fingerprint density at radius 3 is 2.84 bits per heavy atom. The topological polar surface area (TPSA) is 88.1 Å². The van der Waals surface area contributed by atoms with Gasteiger partial charge >= 0.3 is 0 Å². The number of hydrogen-bond donors (Lipinski definition) is 2. The van der Waals surface area contributed by atoms with Crippen LogP contribution in [0.2, 0.25) is 0 Å². The Morgan fingerprint density at radius 2 is 2.20 bits per heavy atom. The molecule has 0 radical (unpaired) electrons. The molecule has 136 valence electrons. The minimum Gasteiger partial charge on any atom is -0.392 e. The van der Waals surface area contributed by atoms with Crippen molar-refractivity contribution in [2.24, 2.45) is 10.7 Å². The molecule has 0 unspecified atom stereocenters. The van der Waals surface area contributed by atoms with Gasteiger partial charge in [0.25, 0.3) is 0 Å². The first-order chi connectivity index (χ1) is 11.8. The van der Waals surface area contributed by atoms with Crippen LogP contribution < -0.4 is 5.73 Å². The number of aliphatic hydroxyl groups is 1. The number of ether oxygens (including phenoxy) is 1. The van der Waals surface area contributed by atoms with Crippen molar-refractivity contribution in [2.45, 2.75) is 50.7 Å². The van der Waals surface area contributed by atoms with E-state index < -0.39 is 17.9 Å². The number of nitrogens with zero attached hydrogens (tertiary/aromatic N) is 2. The molecule has 1 saturated carbocycles. The SMILES string of the molecule is CC(=Nc1ccc2c(c1)[C@@H](C(N)=O)[C@H](O)C2)N(C)CCOC1(C)CC1. The second-order valence-corrected chi connectivity index (χ2v) is 7.41. The number of nitrogens with two attached hydrogens (primary N) is 1. The van der Waals surface area contributed by atoms with Crippen molar-refractivity contribution in [1.82, 2.24) is 4.90 Å². The normalized spacial score (nSPS) is 24.1. The van der Waals surface area contributed by atoms with E-state index in [-0.39, 0.29) is 5.60 Å². The lowest BCUT2D eigenvalue weighted by Crippen LogP contribution is -2.29. The number of fused-ring (bicyclic) bond motifs is 1. The smallest absolute Gasteiger partial charge is 0.227 e. The van der Waals surface area contributed by atoms with Crippen LogP contribution >= 0.6 is 0 Å². The van der Waals surface area contributed by atoms with Crippen molar-refractivity contribution in [1.29, 1.82) is 0 Å². The third-order valence-corrected chi connectivity index (χ3v) is 5.26. The molecule has 1 fully saturated rings. The van der Waals surface area contributed by atoms with Gasteiger partial charge in [0.1, 0.15) is 5.84 Å². The molecule has 25 heavy (non-hydrogen) atoms. The van der Waals surface area contributed by atoms with Crippen molar-refractivity contribution in [2.75, 3.05) is 20.2 Å². The van der Waals surface area contributed by atoms with E-state index in [2.05, 4.69) is 16.8 Å². The van der Waals surface area contributed by atoms with E-state index in [4.69, 9.17) is 10.5 Å². The zero-order valence-corrected chi connectivity index (χ0v) is 15.2. The monoisotopic (exact) mass is 345 g/mol. The maximum absolute atomic E-state index is 11.6. The summed E-state index contributed by atoms with van der Waals surface area (Å²) < 4.78 is 5.85. The van der Waals surface area contributed by atoms with E-state index in [9.17, 15) is 9.90 Å². The Balaban J connectivity index is 1.67. The molecule has 2 aliphatic rings. The molecule has 0 spiro atoms. The Bertz CT molecular complexity index is 697. The highest BCUT2D eigenvalue weighted by Gasteiger charge is 2.38. The van der Waals surface area contributed by atoms with Gasteiger partial charge in [-0.1, -0.05) is 6.07 Å². The van der Waals surface area contributed by atoms with Crippen molar-refractivity contribution in [3.63, 3.8) is 0 Å². The summed E-state index contributed by atoms with van der Waals surface area (Å²) in [4.78, 5) is 18.3. The van der Waals surface area contributed by atoms with Gasteiger partial charge in [0.2, 0.25) is 5.91 Å². The molecular weight excluding hydrogens is 318 g/mol. The van der Waals surface area contributed by atoms with Gasteiger partial charge in [-0.05, 0) is 56.4 Å². The van der Waals surface area contributed by atoms with Crippen molar-refractivity contribution >= 4 is 17.4 Å². The number of primary amides is 1. The zero-order chi connectivity index (χ0) is 18.2. The molecule has 1 amide bonds. The van der Waals surface area contributed by atoms with E-state index >= 15 is 0 Å². The Morgan fingerprint density at radius 1 is 1.48 bits per heavy atom. The fraction of sp³-hybridized carbons (Fsp3) is 0.579. The second-order valence-electron chi connectivity index (χ2n) is 7.41. The van der Waals surface area contributed by atoms with Gasteiger partial charge < -0.3 is 20.5 Å². The molecule has 0 aliphatic heterocycles. The lowest BCUT2D eigenvalue weighted by atomic mass is 9.99. The van der Waals surface area contributed by atoms with Crippen molar-refractivity contribution < 1.29 is 14.6 Å². The summed E-state index contributed by atoms with van der Waals surface area (Å²) in [5.41, 5.74) is 8.06. The lowest BCUT2D eigenvalue weighted by molar-refractivity contribution is -0.121.